The maximum Gasteiger partial charge on any atom is 0.274 e. The molecule has 0 radical (unpaired) electrons. The van der Waals surface area contributed by atoms with E-state index in [-0.39, 0.29) is 17.5 Å². The van der Waals surface area contributed by atoms with Gasteiger partial charge < -0.3 is 9.80 Å². The van der Waals surface area contributed by atoms with Crippen LogP contribution in [0.25, 0.3) is 0 Å². The van der Waals surface area contributed by atoms with Crippen molar-refractivity contribution in [1.29, 1.82) is 0 Å². The third-order valence-corrected chi connectivity index (χ3v) is 4.92. The number of aryl methyl sites for hydroxylation is 1. The monoisotopic (exact) mass is 373 g/mol. The number of aromatic amines is 2. The highest BCUT2D eigenvalue weighted by atomic mass is 16.2. The van der Waals surface area contributed by atoms with E-state index in [0.717, 1.165) is 24.2 Å². The van der Waals surface area contributed by atoms with Crippen LogP contribution in [0.1, 0.15) is 35.2 Å². The number of H-pyrrole nitrogens is 2. The van der Waals surface area contributed by atoms with Crippen LogP contribution in [0.5, 0.6) is 0 Å². The second kappa shape index (κ2) is 7.91. The molecule has 9 heteroatoms. The Kier molecular flexibility index (Phi) is 5.59. The minimum atomic E-state index is -0.161. The van der Waals surface area contributed by atoms with Gasteiger partial charge in [0, 0.05) is 51.5 Å². The van der Waals surface area contributed by atoms with Crippen LogP contribution in [0.3, 0.4) is 0 Å². The zero-order valence-corrected chi connectivity index (χ0v) is 16.3. The zero-order valence-electron chi connectivity index (χ0n) is 16.3. The first-order valence-corrected chi connectivity index (χ1v) is 9.18. The smallest absolute Gasteiger partial charge is 0.274 e. The van der Waals surface area contributed by atoms with E-state index in [1.807, 2.05) is 39.0 Å². The first-order chi connectivity index (χ1) is 12.9. The second-order valence-electron chi connectivity index (χ2n) is 7.20. The van der Waals surface area contributed by atoms with E-state index in [1.54, 1.807) is 4.90 Å². The summed E-state index contributed by atoms with van der Waals surface area (Å²) in [6, 6.07) is 3.57. The number of hydrogen-bond donors (Lipinski definition) is 2. The predicted molar refractivity (Wildman–Crippen MR) is 103 cm³/mol. The maximum absolute atomic E-state index is 12.6. The first kappa shape index (κ1) is 19.1. The van der Waals surface area contributed by atoms with E-state index < -0.39 is 0 Å². The Morgan fingerprint density at radius 1 is 1.33 bits per heavy atom. The fourth-order valence-electron chi connectivity index (χ4n) is 3.27. The van der Waals surface area contributed by atoms with Crippen molar-refractivity contribution in [1.82, 2.24) is 30.0 Å². The summed E-state index contributed by atoms with van der Waals surface area (Å²) in [6.07, 6.45) is 1.71. The molecule has 0 spiro atoms. The molecule has 3 heterocycles. The lowest BCUT2D eigenvalue weighted by molar-refractivity contribution is 0.0773. The molecule has 1 fully saturated rings. The summed E-state index contributed by atoms with van der Waals surface area (Å²) in [6.45, 7) is 3.92. The van der Waals surface area contributed by atoms with Crippen molar-refractivity contribution >= 4 is 11.9 Å². The van der Waals surface area contributed by atoms with Gasteiger partial charge in [0.05, 0.1) is 5.69 Å². The van der Waals surface area contributed by atoms with Gasteiger partial charge in [-0.2, -0.15) is 5.10 Å². The number of amides is 1. The maximum atomic E-state index is 12.6. The topological polar surface area (TPSA) is 101 Å². The predicted octanol–water partition coefficient (Wildman–Crippen LogP) is 0.468. The molecule has 146 valence electrons. The van der Waals surface area contributed by atoms with Crippen LogP contribution in [0.2, 0.25) is 0 Å². The van der Waals surface area contributed by atoms with Gasteiger partial charge in [0.1, 0.15) is 5.69 Å². The Morgan fingerprint density at radius 2 is 2.11 bits per heavy atom. The lowest BCUT2D eigenvalue weighted by Gasteiger charge is -2.24. The molecule has 27 heavy (non-hydrogen) atoms. The summed E-state index contributed by atoms with van der Waals surface area (Å²) in [7, 11) is 5.68. The molecule has 1 atom stereocenters. The van der Waals surface area contributed by atoms with Crippen LogP contribution in [-0.4, -0.2) is 76.1 Å². The molecule has 2 aromatic heterocycles. The SMILES string of the molecule is CCc1cc(C(=O)N2CCC(N(C)Cc3cc(=O)[nH]c(N(C)C)n3)C2)n[nH]1. The molecule has 0 aliphatic carbocycles. The Labute approximate surface area is 158 Å². The van der Waals surface area contributed by atoms with Crippen molar-refractivity contribution in [3.8, 4) is 0 Å². The number of carbonyl (C=O) groups excluding carboxylic acids is 1. The number of hydrogen-bond acceptors (Lipinski definition) is 6. The average Bonchev–Trinajstić information content (AvgIpc) is 3.30. The number of likely N-dealkylation sites (tertiary alicyclic amines) is 1. The van der Waals surface area contributed by atoms with E-state index in [2.05, 4.69) is 25.1 Å². The summed E-state index contributed by atoms with van der Waals surface area (Å²) >= 11 is 0. The van der Waals surface area contributed by atoms with Crippen LogP contribution >= 0.6 is 0 Å². The third kappa shape index (κ3) is 4.36. The van der Waals surface area contributed by atoms with E-state index in [4.69, 9.17) is 0 Å². The van der Waals surface area contributed by atoms with Crippen LogP contribution in [0.15, 0.2) is 16.9 Å². The largest absolute Gasteiger partial charge is 0.348 e. The minimum absolute atomic E-state index is 0.0361. The summed E-state index contributed by atoms with van der Waals surface area (Å²) in [5.41, 5.74) is 1.99. The standard InChI is InChI=1S/C18H27N7O2/c1-5-12-8-15(22-21-12)17(27)25-7-6-14(11-25)24(4)10-13-9-16(26)20-18(19-13)23(2)3/h8-9,14H,5-7,10-11H2,1-4H3,(H,21,22)(H,19,20,26). The fraction of sp³-hybridized carbons (Fsp3) is 0.556. The van der Waals surface area contributed by atoms with Crippen LogP contribution in [0, 0.1) is 0 Å². The molecule has 1 aliphatic rings. The number of nitrogens with one attached hydrogen (secondary N) is 2. The van der Waals surface area contributed by atoms with Crippen molar-refractivity contribution in [3.05, 3.63) is 39.6 Å². The Hall–Kier alpha value is -2.68. The molecular weight excluding hydrogens is 346 g/mol. The molecule has 0 aromatic carbocycles. The van der Waals surface area contributed by atoms with E-state index in [0.29, 0.717) is 31.3 Å². The Balaban J connectivity index is 1.63. The van der Waals surface area contributed by atoms with Gasteiger partial charge in [-0.15, -0.1) is 0 Å². The second-order valence-corrected chi connectivity index (χ2v) is 7.20. The highest BCUT2D eigenvalue weighted by molar-refractivity contribution is 5.92. The molecule has 9 nitrogen and oxygen atoms in total. The molecule has 2 N–H and O–H groups in total. The molecule has 1 amide bonds. The summed E-state index contributed by atoms with van der Waals surface area (Å²) in [5, 5.41) is 7.02. The van der Waals surface area contributed by atoms with Gasteiger partial charge in [0.25, 0.3) is 11.5 Å². The van der Waals surface area contributed by atoms with Gasteiger partial charge in [-0.05, 0) is 26.0 Å². The van der Waals surface area contributed by atoms with Crippen molar-refractivity contribution in [2.75, 3.05) is 39.1 Å². The lowest BCUT2D eigenvalue weighted by atomic mass is 10.2. The van der Waals surface area contributed by atoms with Gasteiger partial charge in [0.2, 0.25) is 5.95 Å². The highest BCUT2D eigenvalue weighted by Gasteiger charge is 2.30. The lowest BCUT2D eigenvalue weighted by Crippen LogP contribution is -2.36. The molecular formula is C18H27N7O2. The molecule has 3 rings (SSSR count). The fourth-order valence-corrected chi connectivity index (χ4v) is 3.27. The van der Waals surface area contributed by atoms with Crippen molar-refractivity contribution in [2.45, 2.75) is 32.4 Å². The summed E-state index contributed by atoms with van der Waals surface area (Å²) < 4.78 is 0. The van der Waals surface area contributed by atoms with Gasteiger partial charge in [-0.3, -0.25) is 24.6 Å². The van der Waals surface area contributed by atoms with Crippen molar-refractivity contribution in [3.63, 3.8) is 0 Å². The van der Waals surface area contributed by atoms with E-state index >= 15 is 0 Å². The van der Waals surface area contributed by atoms with Crippen molar-refractivity contribution < 1.29 is 4.79 Å². The van der Waals surface area contributed by atoms with Crippen LogP contribution < -0.4 is 10.5 Å². The molecule has 1 aliphatic heterocycles. The molecule has 1 unspecified atom stereocenters. The first-order valence-electron chi connectivity index (χ1n) is 9.18. The van der Waals surface area contributed by atoms with Crippen LogP contribution in [0.4, 0.5) is 5.95 Å². The average molecular weight is 373 g/mol. The normalized spacial score (nSPS) is 16.9. The Morgan fingerprint density at radius 3 is 2.78 bits per heavy atom. The Bertz CT molecular complexity index is 857. The number of carbonyl (C=O) groups is 1. The zero-order chi connectivity index (χ0) is 19.6. The number of anilines is 1. The number of nitrogens with zero attached hydrogens (tertiary/aromatic N) is 5. The summed E-state index contributed by atoms with van der Waals surface area (Å²) in [5.74, 6) is 0.505. The summed E-state index contributed by atoms with van der Waals surface area (Å²) in [4.78, 5) is 37.4. The van der Waals surface area contributed by atoms with Crippen LogP contribution in [-0.2, 0) is 13.0 Å². The van der Waals surface area contributed by atoms with Crippen molar-refractivity contribution in [2.24, 2.45) is 0 Å². The van der Waals surface area contributed by atoms with Gasteiger partial charge in [-0.1, -0.05) is 6.92 Å². The number of rotatable bonds is 6. The number of likely N-dealkylation sites (N-methyl/N-ethyl adjacent to an activating group) is 1. The van der Waals surface area contributed by atoms with Gasteiger partial charge in [0.15, 0.2) is 0 Å². The number of aromatic nitrogens is 4. The van der Waals surface area contributed by atoms with E-state index in [1.165, 1.54) is 6.07 Å². The minimum Gasteiger partial charge on any atom is -0.348 e. The highest BCUT2D eigenvalue weighted by Crippen LogP contribution is 2.18. The molecule has 0 saturated carbocycles. The quantitative estimate of drug-likeness (QED) is 0.763. The molecule has 1 saturated heterocycles. The van der Waals surface area contributed by atoms with Gasteiger partial charge >= 0.3 is 0 Å². The van der Waals surface area contributed by atoms with Gasteiger partial charge in [-0.25, -0.2) is 4.98 Å². The molecule has 0 bridgehead atoms. The third-order valence-electron chi connectivity index (χ3n) is 4.92. The van der Waals surface area contributed by atoms with E-state index in [9.17, 15) is 9.59 Å². The molecule has 2 aromatic rings.